The van der Waals surface area contributed by atoms with Crippen molar-refractivity contribution in [2.45, 2.75) is 0 Å². The Hall–Kier alpha value is -7.98. The van der Waals surface area contributed by atoms with Gasteiger partial charge in [-0.1, -0.05) is 158 Å². The summed E-state index contributed by atoms with van der Waals surface area (Å²) in [5, 5.41) is 5.09. The van der Waals surface area contributed by atoms with Gasteiger partial charge >= 0.3 is 0 Å². The third-order valence-corrected chi connectivity index (χ3v) is 13.6. The van der Waals surface area contributed by atoms with Crippen LogP contribution in [0.3, 0.4) is 0 Å². The van der Waals surface area contributed by atoms with Gasteiger partial charge in [-0.25, -0.2) is 0 Å². The number of anilines is 3. The van der Waals surface area contributed by atoms with E-state index in [1.54, 1.807) is 0 Å². The zero-order valence-corrected chi connectivity index (χ0v) is 35.2. The summed E-state index contributed by atoms with van der Waals surface area (Å²) in [6.07, 6.45) is 0. The first-order valence-electron chi connectivity index (χ1n) is 21.5. The molecule has 0 aliphatic heterocycles. The van der Waals surface area contributed by atoms with E-state index in [1.807, 2.05) is 11.3 Å². The number of fused-ring (bicyclic) bond motifs is 6. The summed E-state index contributed by atoms with van der Waals surface area (Å²) >= 11 is 1.89. The van der Waals surface area contributed by atoms with Crippen LogP contribution in [0, 0.1) is 0 Å². The van der Waals surface area contributed by atoms with Crippen LogP contribution in [0.5, 0.6) is 0 Å². The Morgan fingerprint density at radius 3 is 1.35 bits per heavy atom. The Morgan fingerprint density at radius 2 is 0.746 bits per heavy atom. The molecule has 3 heteroatoms. The van der Waals surface area contributed by atoms with Crippen LogP contribution in [-0.4, -0.2) is 4.57 Å². The number of hydrogen-bond donors (Lipinski definition) is 0. The first-order valence-corrected chi connectivity index (χ1v) is 22.3. The highest BCUT2D eigenvalue weighted by molar-refractivity contribution is 7.26. The van der Waals surface area contributed by atoms with Crippen LogP contribution in [0.2, 0.25) is 0 Å². The van der Waals surface area contributed by atoms with Crippen molar-refractivity contribution >= 4 is 70.4 Å². The Labute approximate surface area is 370 Å². The maximum Gasteiger partial charge on any atom is 0.0541 e. The van der Waals surface area contributed by atoms with Crippen LogP contribution in [0.15, 0.2) is 243 Å². The lowest BCUT2D eigenvalue weighted by Crippen LogP contribution is -2.09. The Balaban J connectivity index is 0.976. The van der Waals surface area contributed by atoms with E-state index < -0.39 is 0 Å². The molecule has 12 aromatic rings. The Kier molecular flexibility index (Phi) is 9.06. The maximum atomic E-state index is 2.41. The third kappa shape index (κ3) is 6.58. The van der Waals surface area contributed by atoms with Crippen molar-refractivity contribution in [1.82, 2.24) is 4.57 Å². The van der Waals surface area contributed by atoms with Crippen molar-refractivity contribution in [3.8, 4) is 50.2 Å². The van der Waals surface area contributed by atoms with Gasteiger partial charge in [0.2, 0.25) is 0 Å². The van der Waals surface area contributed by atoms with Gasteiger partial charge in [0.1, 0.15) is 0 Å². The van der Waals surface area contributed by atoms with Gasteiger partial charge in [-0.05, 0) is 124 Å². The first kappa shape index (κ1) is 36.8. The quantitative estimate of drug-likeness (QED) is 0.148. The molecule has 0 bridgehead atoms. The second-order valence-corrected chi connectivity index (χ2v) is 17.2. The van der Waals surface area contributed by atoms with Crippen LogP contribution < -0.4 is 4.90 Å². The van der Waals surface area contributed by atoms with Gasteiger partial charge in [0.15, 0.2) is 0 Å². The molecule has 296 valence electrons. The molecule has 63 heavy (non-hydrogen) atoms. The van der Waals surface area contributed by atoms with Gasteiger partial charge in [-0.3, -0.25) is 0 Å². The lowest BCUT2D eigenvalue weighted by molar-refractivity contribution is 1.18. The lowest BCUT2D eigenvalue weighted by atomic mass is 9.95. The molecular weight excluding hydrogens is 781 g/mol. The SMILES string of the molecule is c1ccc(-c2ccc(N(c3ccc(-c4ccccc4)cc3)c3ccc(-c4cc(-c5ccc6c(c5)c5ccccc5n6-c5ccccc5)c5sc6ccccc6c5c4)cc3)cc2)cc1. The highest BCUT2D eigenvalue weighted by atomic mass is 32.1. The third-order valence-electron chi connectivity index (χ3n) is 12.4. The molecule has 0 fully saturated rings. The summed E-state index contributed by atoms with van der Waals surface area (Å²) in [5.74, 6) is 0. The number of hydrogen-bond acceptors (Lipinski definition) is 2. The molecule has 12 rings (SSSR count). The van der Waals surface area contributed by atoms with Gasteiger partial charge in [0, 0.05) is 59.3 Å². The maximum absolute atomic E-state index is 2.41. The van der Waals surface area contributed by atoms with E-state index in [9.17, 15) is 0 Å². The Morgan fingerprint density at radius 1 is 0.302 bits per heavy atom. The molecule has 10 aromatic carbocycles. The van der Waals surface area contributed by atoms with Crippen molar-refractivity contribution in [3.05, 3.63) is 243 Å². The van der Waals surface area contributed by atoms with Gasteiger partial charge < -0.3 is 9.47 Å². The summed E-state index contributed by atoms with van der Waals surface area (Å²) in [6.45, 7) is 0. The number of thiophene rings is 1. The monoisotopic (exact) mass is 820 g/mol. The zero-order chi connectivity index (χ0) is 41.7. The lowest BCUT2D eigenvalue weighted by Gasteiger charge is -2.26. The van der Waals surface area contributed by atoms with Crippen molar-refractivity contribution in [3.63, 3.8) is 0 Å². The zero-order valence-electron chi connectivity index (χ0n) is 34.4. The smallest absolute Gasteiger partial charge is 0.0541 e. The normalized spacial score (nSPS) is 11.5. The fourth-order valence-corrected chi connectivity index (χ4v) is 10.5. The first-order chi connectivity index (χ1) is 31.2. The molecule has 0 unspecified atom stereocenters. The summed E-state index contributed by atoms with van der Waals surface area (Å²) in [6, 6.07) is 88.3. The van der Waals surface area contributed by atoms with Gasteiger partial charge in [-0.15, -0.1) is 11.3 Å². The fourth-order valence-electron chi connectivity index (χ4n) is 9.32. The molecular formula is C60H40N2S. The largest absolute Gasteiger partial charge is 0.311 e. The summed E-state index contributed by atoms with van der Waals surface area (Å²) in [7, 11) is 0. The number of nitrogens with zero attached hydrogens (tertiary/aromatic N) is 2. The van der Waals surface area contributed by atoms with Crippen molar-refractivity contribution in [2.75, 3.05) is 4.90 Å². The molecule has 0 aliphatic rings. The van der Waals surface area contributed by atoms with Crippen LogP contribution in [-0.2, 0) is 0 Å². The fraction of sp³-hybridized carbons (Fsp3) is 0. The van der Waals surface area contributed by atoms with Crippen LogP contribution in [0.4, 0.5) is 17.1 Å². The van der Waals surface area contributed by atoms with Crippen molar-refractivity contribution < 1.29 is 0 Å². The number of aromatic nitrogens is 1. The minimum atomic E-state index is 1.10. The predicted octanol–water partition coefficient (Wildman–Crippen LogP) is 17.3. The molecule has 2 aromatic heterocycles. The van der Waals surface area contributed by atoms with E-state index in [-0.39, 0.29) is 0 Å². The predicted molar refractivity (Wildman–Crippen MR) is 270 cm³/mol. The molecule has 0 amide bonds. The molecule has 2 heterocycles. The Bertz CT molecular complexity index is 3490. The molecule has 0 atom stereocenters. The van der Waals surface area contributed by atoms with Gasteiger partial charge in [0.05, 0.1) is 11.0 Å². The van der Waals surface area contributed by atoms with Crippen LogP contribution >= 0.6 is 11.3 Å². The number of benzene rings is 10. The molecule has 2 nitrogen and oxygen atoms in total. The summed E-state index contributed by atoms with van der Waals surface area (Å²) < 4.78 is 5.00. The van der Waals surface area contributed by atoms with Crippen LogP contribution in [0.25, 0.3) is 92.2 Å². The number of rotatable bonds is 8. The topological polar surface area (TPSA) is 8.17 Å². The van der Waals surface area contributed by atoms with E-state index in [1.165, 1.54) is 92.2 Å². The average Bonchev–Trinajstić information content (AvgIpc) is 3.91. The van der Waals surface area contributed by atoms with E-state index >= 15 is 0 Å². The second kappa shape index (κ2) is 15.5. The number of para-hydroxylation sites is 2. The highest BCUT2D eigenvalue weighted by Gasteiger charge is 2.19. The molecule has 0 aliphatic carbocycles. The van der Waals surface area contributed by atoms with E-state index in [0.717, 1.165) is 17.1 Å². The van der Waals surface area contributed by atoms with Crippen LogP contribution in [0.1, 0.15) is 0 Å². The van der Waals surface area contributed by atoms with Gasteiger partial charge in [0.25, 0.3) is 0 Å². The molecule has 0 saturated heterocycles. The van der Waals surface area contributed by atoms with Crippen molar-refractivity contribution in [2.24, 2.45) is 0 Å². The summed E-state index contributed by atoms with van der Waals surface area (Å²) in [5.41, 5.74) is 16.6. The molecule has 0 N–H and O–H groups in total. The molecule has 0 spiro atoms. The minimum absolute atomic E-state index is 1.10. The van der Waals surface area contributed by atoms with E-state index in [0.29, 0.717) is 0 Å². The standard InChI is InChI=1S/C60H40N2S/c1-4-14-41(15-5-1)43-24-31-49(32-25-43)61(50-33-26-44(27-34-50)42-16-6-2-7-17-42)51-35-28-45(29-36-51)47-39-54(60-56(40-47)53-21-11-13-23-59(53)63-60)46-30-37-58-55(38-46)52-20-10-12-22-57(52)62(58)48-18-8-3-9-19-48/h1-40H. The van der Waals surface area contributed by atoms with Gasteiger partial charge in [-0.2, -0.15) is 0 Å². The van der Waals surface area contributed by atoms with E-state index in [2.05, 4.69) is 252 Å². The minimum Gasteiger partial charge on any atom is -0.311 e. The van der Waals surface area contributed by atoms with E-state index in [4.69, 9.17) is 0 Å². The molecule has 0 saturated carbocycles. The second-order valence-electron chi connectivity index (χ2n) is 16.1. The highest BCUT2D eigenvalue weighted by Crippen LogP contribution is 2.45. The average molecular weight is 821 g/mol. The molecule has 0 radical (unpaired) electrons. The van der Waals surface area contributed by atoms with Crippen molar-refractivity contribution in [1.29, 1.82) is 0 Å². The summed E-state index contributed by atoms with van der Waals surface area (Å²) in [4.78, 5) is 2.36.